The molecule has 0 radical (unpaired) electrons. The van der Waals surface area contributed by atoms with Crippen molar-refractivity contribution in [3.63, 3.8) is 0 Å². The smallest absolute Gasteiger partial charge is 0.0177 e. The molecule has 0 unspecified atom stereocenters. The van der Waals surface area contributed by atoms with Crippen molar-refractivity contribution in [2.24, 2.45) is 0 Å². The van der Waals surface area contributed by atoms with Gasteiger partial charge in [-0.2, -0.15) is 0 Å². The highest BCUT2D eigenvalue weighted by Crippen LogP contribution is 1.79. The Morgan fingerprint density at radius 3 is 2.70 bits per heavy atom. The van der Waals surface area contributed by atoms with E-state index < -0.39 is 0 Å². The van der Waals surface area contributed by atoms with E-state index in [0.717, 1.165) is 13.1 Å². The summed E-state index contributed by atoms with van der Waals surface area (Å²) in [6.07, 6.45) is 3.96. The van der Waals surface area contributed by atoms with Gasteiger partial charge in [0.05, 0.1) is 0 Å². The standard InChI is InChI=1S/C7H17N3/c1-4-10(3)7-5-6-9-8-2/h5-6,8-9H,4,7H2,1-3H3/b6-5+. The largest absolute Gasteiger partial charge is 0.329 e. The van der Waals surface area contributed by atoms with Gasteiger partial charge in [0.1, 0.15) is 0 Å². The van der Waals surface area contributed by atoms with Gasteiger partial charge >= 0.3 is 0 Å². The molecule has 0 rings (SSSR count). The van der Waals surface area contributed by atoms with Crippen LogP contribution in [-0.2, 0) is 0 Å². The number of nitrogens with zero attached hydrogens (tertiary/aromatic N) is 1. The van der Waals surface area contributed by atoms with Crippen LogP contribution in [0.25, 0.3) is 0 Å². The highest BCUT2D eigenvalue weighted by atomic mass is 15.3. The third kappa shape index (κ3) is 5.59. The fraction of sp³-hybridized carbons (Fsp3) is 0.714. The topological polar surface area (TPSA) is 27.3 Å². The van der Waals surface area contributed by atoms with Crippen molar-refractivity contribution >= 4 is 0 Å². The van der Waals surface area contributed by atoms with Crippen molar-refractivity contribution in [3.8, 4) is 0 Å². The van der Waals surface area contributed by atoms with Crippen LogP contribution < -0.4 is 10.9 Å². The van der Waals surface area contributed by atoms with Crippen molar-refractivity contribution in [3.05, 3.63) is 12.3 Å². The summed E-state index contributed by atoms with van der Waals surface area (Å²) in [7, 11) is 3.93. The minimum Gasteiger partial charge on any atom is -0.329 e. The average molecular weight is 143 g/mol. The predicted octanol–water partition coefficient (Wildman–Crippen LogP) is 0.176. The summed E-state index contributed by atoms with van der Waals surface area (Å²) < 4.78 is 0. The molecule has 3 heteroatoms. The second-order valence-corrected chi connectivity index (χ2v) is 2.15. The van der Waals surface area contributed by atoms with Crippen LogP contribution >= 0.6 is 0 Å². The first-order chi connectivity index (χ1) is 4.81. The summed E-state index contributed by atoms with van der Waals surface area (Å²) in [5.74, 6) is 0. The number of hydrazine groups is 1. The summed E-state index contributed by atoms with van der Waals surface area (Å²) in [6.45, 7) is 4.22. The summed E-state index contributed by atoms with van der Waals surface area (Å²) in [4.78, 5) is 2.22. The first-order valence-corrected chi connectivity index (χ1v) is 3.57. The molecule has 0 saturated heterocycles. The Labute approximate surface area is 63.1 Å². The van der Waals surface area contributed by atoms with E-state index >= 15 is 0 Å². The molecule has 3 nitrogen and oxygen atoms in total. The third-order valence-electron chi connectivity index (χ3n) is 1.30. The Kier molecular flexibility index (Phi) is 6.22. The normalized spacial score (nSPS) is 11.2. The van der Waals surface area contributed by atoms with E-state index in [1.807, 2.05) is 13.2 Å². The van der Waals surface area contributed by atoms with Gasteiger partial charge in [0.25, 0.3) is 0 Å². The molecule has 2 N–H and O–H groups in total. The molecule has 0 aromatic carbocycles. The molecule has 60 valence electrons. The highest BCUT2D eigenvalue weighted by molar-refractivity contribution is 4.80. The highest BCUT2D eigenvalue weighted by Gasteiger charge is 1.85. The van der Waals surface area contributed by atoms with Crippen LogP contribution in [0.3, 0.4) is 0 Å². The Morgan fingerprint density at radius 2 is 2.20 bits per heavy atom. The van der Waals surface area contributed by atoms with Gasteiger partial charge in [-0.15, -0.1) is 0 Å². The summed E-state index contributed by atoms with van der Waals surface area (Å²) in [5, 5.41) is 0. The monoisotopic (exact) mass is 143 g/mol. The van der Waals surface area contributed by atoms with Crippen LogP contribution in [0.5, 0.6) is 0 Å². The molecular formula is C7H17N3. The zero-order valence-electron chi connectivity index (χ0n) is 7.02. The van der Waals surface area contributed by atoms with Crippen molar-refractivity contribution in [1.29, 1.82) is 0 Å². The lowest BCUT2D eigenvalue weighted by Gasteiger charge is -2.09. The molecule has 0 atom stereocenters. The van der Waals surface area contributed by atoms with E-state index in [1.54, 1.807) is 0 Å². The average Bonchev–Trinajstić information content (AvgIpc) is 1.98. The maximum absolute atomic E-state index is 2.87. The molecule has 0 aliphatic heterocycles. The maximum atomic E-state index is 2.87. The third-order valence-corrected chi connectivity index (χ3v) is 1.30. The molecule has 0 aliphatic rings. The molecule has 0 fully saturated rings. The van der Waals surface area contributed by atoms with Gasteiger partial charge in [-0.05, 0) is 13.6 Å². The number of rotatable bonds is 5. The second-order valence-electron chi connectivity index (χ2n) is 2.15. The lowest BCUT2D eigenvalue weighted by Crippen LogP contribution is -2.22. The SMILES string of the molecule is CCN(C)C/C=C/NNC. The van der Waals surface area contributed by atoms with Crippen LogP contribution in [0.1, 0.15) is 6.92 Å². The first-order valence-electron chi connectivity index (χ1n) is 3.57. The van der Waals surface area contributed by atoms with E-state index in [0.29, 0.717) is 0 Å². The zero-order chi connectivity index (χ0) is 7.82. The number of hydrogen-bond donors (Lipinski definition) is 2. The van der Waals surface area contributed by atoms with Gasteiger partial charge in [-0.1, -0.05) is 13.0 Å². The molecule has 0 aliphatic carbocycles. The molecular weight excluding hydrogens is 126 g/mol. The van der Waals surface area contributed by atoms with Crippen molar-refractivity contribution in [2.75, 3.05) is 27.2 Å². The fourth-order valence-corrected chi connectivity index (χ4v) is 0.504. The Hall–Kier alpha value is -0.540. The number of hydrogen-bond acceptors (Lipinski definition) is 3. The molecule has 0 saturated carbocycles. The minimum absolute atomic E-state index is 0.991. The lowest BCUT2D eigenvalue weighted by atomic mass is 10.5. The van der Waals surface area contributed by atoms with Crippen molar-refractivity contribution in [1.82, 2.24) is 15.8 Å². The number of nitrogens with one attached hydrogen (secondary N) is 2. The first kappa shape index (κ1) is 9.46. The van der Waals surface area contributed by atoms with E-state index in [9.17, 15) is 0 Å². The Balaban J connectivity index is 3.16. The van der Waals surface area contributed by atoms with Gasteiger partial charge in [-0.3, -0.25) is 0 Å². The quantitative estimate of drug-likeness (QED) is 0.537. The molecule has 0 bridgehead atoms. The van der Waals surface area contributed by atoms with Gasteiger partial charge in [0.2, 0.25) is 0 Å². The van der Waals surface area contributed by atoms with Crippen LogP contribution in [0.2, 0.25) is 0 Å². The summed E-state index contributed by atoms with van der Waals surface area (Å²) in [5.41, 5.74) is 5.67. The Morgan fingerprint density at radius 1 is 1.50 bits per heavy atom. The fourth-order valence-electron chi connectivity index (χ4n) is 0.504. The van der Waals surface area contributed by atoms with Crippen LogP contribution in [0.15, 0.2) is 12.3 Å². The maximum Gasteiger partial charge on any atom is 0.0177 e. The van der Waals surface area contributed by atoms with Gasteiger partial charge in [0, 0.05) is 19.8 Å². The summed E-state index contributed by atoms with van der Waals surface area (Å²) in [6, 6.07) is 0. The molecule has 0 heterocycles. The molecule has 0 amide bonds. The molecule has 0 aromatic heterocycles. The Bertz CT molecular complexity index is 90.9. The van der Waals surface area contributed by atoms with Crippen molar-refractivity contribution < 1.29 is 0 Å². The lowest BCUT2D eigenvalue weighted by molar-refractivity contribution is 0.391. The molecule has 0 spiro atoms. The second kappa shape index (κ2) is 6.58. The van der Waals surface area contributed by atoms with Gasteiger partial charge < -0.3 is 10.3 Å². The molecule has 0 aromatic rings. The van der Waals surface area contributed by atoms with Crippen LogP contribution in [-0.4, -0.2) is 32.1 Å². The van der Waals surface area contributed by atoms with Gasteiger partial charge in [-0.25, -0.2) is 5.43 Å². The van der Waals surface area contributed by atoms with E-state index in [2.05, 4.69) is 35.8 Å². The minimum atomic E-state index is 0.991. The van der Waals surface area contributed by atoms with E-state index in [1.165, 1.54) is 0 Å². The van der Waals surface area contributed by atoms with Crippen LogP contribution in [0.4, 0.5) is 0 Å². The van der Waals surface area contributed by atoms with Crippen molar-refractivity contribution in [2.45, 2.75) is 6.92 Å². The van der Waals surface area contributed by atoms with E-state index in [4.69, 9.17) is 0 Å². The molecule has 10 heavy (non-hydrogen) atoms. The van der Waals surface area contributed by atoms with Crippen LogP contribution in [0, 0.1) is 0 Å². The summed E-state index contributed by atoms with van der Waals surface area (Å²) >= 11 is 0. The number of likely N-dealkylation sites (N-methyl/N-ethyl adjacent to an activating group) is 1. The zero-order valence-corrected chi connectivity index (χ0v) is 7.02. The predicted molar refractivity (Wildman–Crippen MR) is 44.5 cm³/mol. The van der Waals surface area contributed by atoms with E-state index in [-0.39, 0.29) is 0 Å². The van der Waals surface area contributed by atoms with Gasteiger partial charge in [0.15, 0.2) is 0 Å².